The number of methoxy groups -OCH3 is 1. The number of nitrogens with one attached hydrogen (secondary N) is 7. The number of benzene rings is 3. The number of likely N-dealkylation sites (N-methyl/N-ethyl adjacent to an activating group) is 2. The lowest BCUT2D eigenvalue weighted by atomic mass is 9.84. The highest BCUT2D eigenvalue weighted by Crippen LogP contribution is 2.34. The van der Waals surface area contributed by atoms with E-state index in [1.807, 2.05) is 90.9 Å². The molecule has 105 heavy (non-hydrogen) atoms. The molecule has 2 unspecified atom stereocenters. The van der Waals surface area contributed by atoms with Crippen LogP contribution in [0.4, 0.5) is 32.4 Å². The molecule has 2 saturated heterocycles. The fourth-order valence-corrected chi connectivity index (χ4v) is 14.0. The summed E-state index contributed by atoms with van der Waals surface area (Å²) >= 11 is 0. The Balaban J connectivity index is 1.19. The summed E-state index contributed by atoms with van der Waals surface area (Å²) in [6.07, 6.45) is 0.729. The largest absolute Gasteiger partial charge is 0.420 e. The van der Waals surface area contributed by atoms with Gasteiger partial charge in [-0.15, -0.1) is 0 Å². The molecule has 3 aromatic carbocycles. The number of carbonyl (C=O) groups excluding carboxylic acids is 11. The summed E-state index contributed by atoms with van der Waals surface area (Å²) in [7, 11) is 6.90. The Morgan fingerprint density at radius 3 is 1.81 bits per heavy atom. The maximum Gasteiger partial charge on any atom is 0.314 e. The maximum absolute atomic E-state index is 14.6. The highest BCUT2D eigenvalue weighted by atomic mass is 19.2. The lowest BCUT2D eigenvalue weighted by Gasteiger charge is -2.40. The Bertz CT molecular complexity index is 3460. The van der Waals surface area contributed by atoms with Crippen molar-refractivity contribution in [2.75, 3.05) is 59.7 Å². The quantitative estimate of drug-likeness (QED) is 0.00729. The van der Waals surface area contributed by atoms with E-state index in [2.05, 4.69) is 48.9 Å². The van der Waals surface area contributed by atoms with Crippen LogP contribution in [0.25, 0.3) is 0 Å². The Labute approximate surface area is 612 Å². The Hall–Kier alpha value is -8.80. The number of nitrogens with zero attached hydrogens (tertiary/aromatic N) is 4. The van der Waals surface area contributed by atoms with Crippen LogP contribution in [0.5, 0.6) is 5.75 Å². The van der Waals surface area contributed by atoms with Gasteiger partial charge >= 0.3 is 12.0 Å². The van der Waals surface area contributed by atoms with Crippen LogP contribution in [0.3, 0.4) is 0 Å². The third-order valence-corrected chi connectivity index (χ3v) is 19.9. The van der Waals surface area contributed by atoms with Gasteiger partial charge in [-0.05, 0) is 105 Å². The van der Waals surface area contributed by atoms with Gasteiger partial charge in [-0.25, -0.2) is 18.0 Å². The van der Waals surface area contributed by atoms with E-state index in [-0.39, 0.29) is 112 Å². The molecular formula is C75H109F5N12O13. The minimum Gasteiger partial charge on any atom is -0.420 e. The first-order valence-corrected chi connectivity index (χ1v) is 36.2. The molecule has 2 fully saturated rings. The van der Waals surface area contributed by atoms with E-state index in [1.165, 1.54) is 18.9 Å². The number of urea groups is 1. The van der Waals surface area contributed by atoms with E-state index in [0.29, 0.717) is 30.6 Å². The van der Waals surface area contributed by atoms with Gasteiger partial charge in [0, 0.05) is 84.3 Å². The Morgan fingerprint density at radius 2 is 1.25 bits per heavy atom. The number of halogens is 5. The van der Waals surface area contributed by atoms with Crippen molar-refractivity contribution >= 4 is 70.9 Å². The van der Waals surface area contributed by atoms with Crippen LogP contribution in [0, 0.1) is 76.4 Å². The van der Waals surface area contributed by atoms with Gasteiger partial charge in [0.25, 0.3) is 0 Å². The summed E-state index contributed by atoms with van der Waals surface area (Å²) in [5.41, 5.74) is 6.93. The van der Waals surface area contributed by atoms with Crippen molar-refractivity contribution in [1.29, 1.82) is 0 Å². The summed E-state index contributed by atoms with van der Waals surface area (Å²) in [6, 6.07) is 9.20. The fraction of sp³-hybridized carbons (Fsp3) is 0.613. The second-order valence-electron chi connectivity index (χ2n) is 29.1. The number of hydrogen-bond donors (Lipinski definition) is 8. The number of carbonyl (C=O) groups is 11. The molecule has 11 amide bonds. The number of amides is 11. The van der Waals surface area contributed by atoms with E-state index in [1.54, 1.807) is 61.9 Å². The zero-order valence-electron chi connectivity index (χ0n) is 63.1. The molecule has 0 spiro atoms. The number of ether oxygens (including phenoxy) is 2. The first-order valence-electron chi connectivity index (χ1n) is 36.2. The number of nitrogens with two attached hydrogens (primary N) is 1. The van der Waals surface area contributed by atoms with E-state index in [0.717, 1.165) is 12.0 Å². The second kappa shape index (κ2) is 40.6. The van der Waals surface area contributed by atoms with Crippen molar-refractivity contribution in [3.8, 4) is 5.75 Å². The monoisotopic (exact) mass is 1480 g/mol. The number of esters is 1. The van der Waals surface area contributed by atoms with Crippen LogP contribution in [-0.2, 0) is 65.6 Å². The number of piperidine rings is 1. The van der Waals surface area contributed by atoms with Crippen molar-refractivity contribution in [2.24, 2.45) is 53.1 Å². The average molecular weight is 1480 g/mol. The van der Waals surface area contributed by atoms with Crippen LogP contribution in [0.15, 0.2) is 54.6 Å². The number of rotatable bonds is 37. The normalized spacial score (nSPS) is 18.2. The van der Waals surface area contributed by atoms with E-state index >= 15 is 0 Å². The first-order chi connectivity index (χ1) is 49.4. The third kappa shape index (κ3) is 24.1. The SMILES string of the molecule is CC[C@H](C)[C@@H]([C@H](C)CC(=O)N1CCC[C@H]1[C@H](OC)[C@@H](C)C(=O)N[C@@H](Cc1ccccc1)C(=O)NCc1ccc(NC(=O)[C@H](CCCNC(N)=O)NC(=O)[C@@H](NC(=O)CCC(=O)N2CCC(C(=O)Oc3c(F)c(F)c(F)c(F)c3F)C(C)C2)C(C)C)cc1)N(C)C(=O)[C@@H](NC(=O)[C@H](C(C)C)N(C)C)C(C)C. The van der Waals surface area contributed by atoms with Gasteiger partial charge in [0.15, 0.2) is 0 Å². The summed E-state index contributed by atoms with van der Waals surface area (Å²) in [4.78, 5) is 157. The summed E-state index contributed by atoms with van der Waals surface area (Å²) < 4.78 is 80.4. The molecule has 2 aliphatic rings. The molecule has 0 radical (unpaired) electrons. The minimum atomic E-state index is -2.42. The van der Waals surface area contributed by atoms with Gasteiger partial charge in [-0.1, -0.05) is 125 Å². The van der Waals surface area contributed by atoms with Crippen molar-refractivity contribution < 1.29 is 84.2 Å². The number of anilines is 1. The van der Waals surface area contributed by atoms with Crippen molar-refractivity contribution in [3.05, 3.63) is 94.8 Å². The second-order valence-corrected chi connectivity index (χ2v) is 29.1. The lowest BCUT2D eigenvalue weighted by molar-refractivity contribution is -0.146. The number of primary amides is 1. The molecule has 0 saturated carbocycles. The van der Waals surface area contributed by atoms with E-state index < -0.39 is 155 Å². The van der Waals surface area contributed by atoms with E-state index in [9.17, 15) is 74.7 Å². The number of hydrogen-bond acceptors (Lipinski definition) is 14. The zero-order chi connectivity index (χ0) is 78.4. The summed E-state index contributed by atoms with van der Waals surface area (Å²) in [6.45, 7) is 20.6. The van der Waals surface area contributed by atoms with Gasteiger partial charge in [-0.3, -0.25) is 52.8 Å². The van der Waals surface area contributed by atoms with Crippen LogP contribution in [0.2, 0.25) is 0 Å². The smallest absolute Gasteiger partial charge is 0.314 e. The molecule has 0 bridgehead atoms. The Kier molecular flexibility index (Phi) is 33.6. The molecule has 13 atom stereocenters. The summed E-state index contributed by atoms with van der Waals surface area (Å²) in [5.74, 6) is -22.6. The molecule has 0 aromatic heterocycles. The Morgan fingerprint density at radius 1 is 0.638 bits per heavy atom. The average Bonchev–Trinajstić information content (AvgIpc) is 1.45. The van der Waals surface area contributed by atoms with Gasteiger partial charge in [-0.2, -0.15) is 8.78 Å². The first kappa shape index (κ1) is 86.8. The van der Waals surface area contributed by atoms with Gasteiger partial charge in [0.1, 0.15) is 24.2 Å². The topological polar surface area (TPSA) is 329 Å². The molecule has 2 heterocycles. The lowest BCUT2D eigenvalue weighted by Crippen LogP contribution is -2.58. The van der Waals surface area contributed by atoms with Crippen molar-refractivity contribution in [2.45, 2.75) is 195 Å². The van der Waals surface area contributed by atoms with E-state index in [4.69, 9.17) is 10.5 Å². The molecule has 3 aromatic rings. The molecule has 5 rings (SSSR count). The molecule has 25 nitrogen and oxygen atoms in total. The van der Waals surface area contributed by atoms with Gasteiger partial charge in [0.05, 0.1) is 30.0 Å². The predicted molar refractivity (Wildman–Crippen MR) is 383 cm³/mol. The van der Waals surface area contributed by atoms with Gasteiger partial charge in [0.2, 0.25) is 88.0 Å². The molecule has 2 aliphatic heterocycles. The molecular weight excluding hydrogens is 1370 g/mol. The highest BCUT2D eigenvalue weighted by molar-refractivity contribution is 5.99. The van der Waals surface area contributed by atoms with Crippen molar-refractivity contribution in [3.63, 3.8) is 0 Å². The zero-order valence-corrected chi connectivity index (χ0v) is 63.1. The minimum absolute atomic E-state index is 0.00286. The summed E-state index contributed by atoms with van der Waals surface area (Å²) in [5, 5.41) is 19.5. The standard InChI is InChI=1S/C75H109F5N12O13/c1-16-43(8)65(90(14)73(101)63(41(4)5)88-72(100)64(42(6)7)89(12)13)44(9)36-56(95)92-34-21-25-53(92)66(104-15)46(11)68(96)86-52(37-47-22-18-17-19-23-47)69(97)83-38-48-26-28-49(29-27-48)84-70(98)51(24-20-33-82-75(81)103)85-71(99)62(40(2)3)87-54(93)30-31-55(94)91-35-32-50(45(10)39-91)74(102)105-67-60(79)58(77)57(76)59(78)61(67)80/h17-19,22-23,26-29,40-46,50-53,62-66H,16,20-21,24-25,30-39H2,1-15H3,(H,83,97)(H,84,98)(H,85,99)(H,86,96)(H,87,93)(H,88,100)(H3,81,82,103)/t43-,44+,45?,46+,50?,51-,52-,53-,62-,63-,64-,65-,66+/m0/s1. The fourth-order valence-electron chi connectivity index (χ4n) is 14.0. The van der Waals surface area contributed by atoms with Crippen LogP contribution in [0.1, 0.15) is 145 Å². The number of likely N-dealkylation sites (tertiary alicyclic amines) is 2. The van der Waals surface area contributed by atoms with Crippen LogP contribution in [-0.4, -0.2) is 188 Å². The highest BCUT2D eigenvalue weighted by Gasteiger charge is 2.44. The van der Waals surface area contributed by atoms with Crippen LogP contribution >= 0.6 is 0 Å². The molecule has 0 aliphatic carbocycles. The third-order valence-electron chi connectivity index (χ3n) is 19.9. The predicted octanol–water partition coefficient (Wildman–Crippen LogP) is 6.88. The van der Waals surface area contributed by atoms with Crippen LogP contribution < -0.4 is 47.7 Å². The maximum atomic E-state index is 14.6. The van der Waals surface area contributed by atoms with Gasteiger partial charge < -0.3 is 67.1 Å². The van der Waals surface area contributed by atoms with Crippen molar-refractivity contribution in [1.82, 2.24) is 51.5 Å². The molecule has 30 heteroatoms. The molecule has 582 valence electrons. The molecule has 9 N–H and O–H groups in total.